The fourth-order valence-corrected chi connectivity index (χ4v) is 3.23. The Hall–Kier alpha value is -1.65. The van der Waals surface area contributed by atoms with E-state index in [0.29, 0.717) is 5.95 Å². The predicted molar refractivity (Wildman–Crippen MR) is 93.5 cm³/mol. The lowest BCUT2D eigenvalue weighted by Crippen LogP contribution is -2.16. The molecule has 1 aromatic heterocycles. The van der Waals surface area contributed by atoms with Crippen molar-refractivity contribution in [3.63, 3.8) is 0 Å². The van der Waals surface area contributed by atoms with Crippen LogP contribution >= 0.6 is 11.6 Å². The molecule has 2 N–H and O–H groups in total. The van der Waals surface area contributed by atoms with Gasteiger partial charge < -0.3 is 10.5 Å². The van der Waals surface area contributed by atoms with E-state index in [-0.39, 0.29) is 0 Å². The monoisotopic (exact) mass is 331 g/mol. The van der Waals surface area contributed by atoms with Crippen LogP contribution in [0.25, 0.3) is 11.3 Å². The maximum absolute atomic E-state index is 6.22. The largest absolute Gasteiger partial charge is 0.381 e. The van der Waals surface area contributed by atoms with Crippen molar-refractivity contribution in [1.82, 2.24) is 9.97 Å². The molecule has 2 aromatic rings. The number of nitrogen functional groups attached to an aromatic ring is 1. The van der Waals surface area contributed by atoms with Crippen molar-refractivity contribution in [2.45, 2.75) is 32.6 Å². The number of ether oxygens (including phenoxy) is 1. The maximum Gasteiger partial charge on any atom is 0.220 e. The lowest BCUT2D eigenvalue weighted by Gasteiger charge is -2.21. The van der Waals surface area contributed by atoms with Crippen LogP contribution in [-0.4, -0.2) is 23.2 Å². The number of aromatic nitrogens is 2. The van der Waals surface area contributed by atoms with Gasteiger partial charge in [-0.1, -0.05) is 23.7 Å². The average Bonchev–Trinajstić information content (AvgIpc) is 2.56. The number of hydrogen-bond donors (Lipinski definition) is 1. The zero-order valence-electron chi connectivity index (χ0n) is 13.4. The molecule has 5 heteroatoms. The first kappa shape index (κ1) is 16.2. The number of rotatable bonds is 4. The van der Waals surface area contributed by atoms with Crippen LogP contribution < -0.4 is 5.73 Å². The Labute approximate surface area is 142 Å². The molecule has 1 fully saturated rings. The number of hydrogen-bond acceptors (Lipinski definition) is 4. The Kier molecular flexibility index (Phi) is 5.13. The third kappa shape index (κ3) is 4.01. The fraction of sp³-hybridized carbons (Fsp3) is 0.444. The first-order valence-electron chi connectivity index (χ1n) is 8.10. The molecule has 1 aromatic carbocycles. The van der Waals surface area contributed by atoms with E-state index in [4.69, 9.17) is 22.1 Å². The van der Waals surface area contributed by atoms with Gasteiger partial charge in [-0.15, -0.1) is 0 Å². The van der Waals surface area contributed by atoms with Gasteiger partial charge >= 0.3 is 0 Å². The van der Waals surface area contributed by atoms with E-state index >= 15 is 0 Å². The summed E-state index contributed by atoms with van der Waals surface area (Å²) in [5, 5.41) is 0.739. The van der Waals surface area contributed by atoms with Gasteiger partial charge in [-0.3, -0.25) is 0 Å². The molecule has 122 valence electrons. The third-order valence-electron chi connectivity index (χ3n) is 4.49. The van der Waals surface area contributed by atoms with Gasteiger partial charge in [0.2, 0.25) is 5.95 Å². The predicted octanol–water partition coefficient (Wildman–Crippen LogP) is 4.05. The molecule has 0 atom stereocenters. The summed E-state index contributed by atoms with van der Waals surface area (Å²) in [5.74, 6) is 1.04. The second-order valence-electron chi connectivity index (χ2n) is 6.11. The molecule has 0 aliphatic carbocycles. The van der Waals surface area contributed by atoms with Crippen LogP contribution in [-0.2, 0) is 11.2 Å². The number of nitrogens with two attached hydrogens (primary N) is 1. The van der Waals surface area contributed by atoms with Crippen LogP contribution in [0.4, 0.5) is 5.95 Å². The van der Waals surface area contributed by atoms with Gasteiger partial charge in [0, 0.05) is 29.5 Å². The average molecular weight is 332 g/mol. The van der Waals surface area contributed by atoms with Crippen molar-refractivity contribution in [2.75, 3.05) is 18.9 Å². The van der Waals surface area contributed by atoms with Crippen LogP contribution in [0.2, 0.25) is 5.02 Å². The van der Waals surface area contributed by atoms with E-state index in [0.717, 1.165) is 72.4 Å². The zero-order valence-corrected chi connectivity index (χ0v) is 14.1. The van der Waals surface area contributed by atoms with Crippen molar-refractivity contribution in [2.24, 2.45) is 5.92 Å². The number of aryl methyl sites for hydroxylation is 1. The van der Waals surface area contributed by atoms with Crippen LogP contribution in [0, 0.1) is 12.8 Å². The summed E-state index contributed by atoms with van der Waals surface area (Å²) in [6.07, 6.45) is 4.32. The first-order valence-corrected chi connectivity index (χ1v) is 8.48. The summed E-state index contributed by atoms with van der Waals surface area (Å²) < 4.78 is 5.41. The molecule has 1 aliphatic rings. The lowest BCUT2D eigenvalue weighted by atomic mass is 9.94. The van der Waals surface area contributed by atoms with Crippen LogP contribution in [0.3, 0.4) is 0 Å². The van der Waals surface area contributed by atoms with Crippen LogP contribution in [0.15, 0.2) is 24.3 Å². The Morgan fingerprint density at radius 1 is 1.26 bits per heavy atom. The molecule has 0 saturated carbocycles. The maximum atomic E-state index is 6.22. The molecule has 0 unspecified atom stereocenters. The Bertz CT molecular complexity index is 684. The van der Waals surface area contributed by atoms with Crippen molar-refractivity contribution < 1.29 is 4.74 Å². The van der Waals surface area contributed by atoms with Crippen LogP contribution in [0.1, 0.15) is 30.5 Å². The van der Waals surface area contributed by atoms with Gasteiger partial charge in [0.15, 0.2) is 0 Å². The molecule has 0 amide bonds. The molecule has 0 spiro atoms. The number of benzene rings is 1. The smallest absolute Gasteiger partial charge is 0.220 e. The first-order chi connectivity index (χ1) is 11.1. The van der Waals surface area contributed by atoms with Gasteiger partial charge in [-0.25, -0.2) is 9.97 Å². The van der Waals surface area contributed by atoms with Crippen LogP contribution in [0.5, 0.6) is 0 Å². The molecule has 1 saturated heterocycles. The van der Waals surface area contributed by atoms with E-state index in [1.165, 1.54) is 0 Å². The highest BCUT2D eigenvalue weighted by atomic mass is 35.5. The molecular weight excluding hydrogens is 310 g/mol. The number of anilines is 1. The number of halogens is 1. The summed E-state index contributed by atoms with van der Waals surface area (Å²) in [4.78, 5) is 8.79. The SMILES string of the molecule is Cc1c(Cl)cccc1-c1cc(CCC2CCOCC2)nc(N)n1. The normalized spacial score (nSPS) is 15.7. The van der Waals surface area contributed by atoms with Gasteiger partial charge in [-0.05, 0) is 56.2 Å². The Balaban J connectivity index is 1.80. The van der Waals surface area contributed by atoms with E-state index in [2.05, 4.69) is 9.97 Å². The zero-order chi connectivity index (χ0) is 16.2. The van der Waals surface area contributed by atoms with E-state index in [1.54, 1.807) is 0 Å². The van der Waals surface area contributed by atoms with Crippen molar-refractivity contribution in [1.29, 1.82) is 0 Å². The summed E-state index contributed by atoms with van der Waals surface area (Å²) in [6.45, 7) is 3.75. The summed E-state index contributed by atoms with van der Waals surface area (Å²) >= 11 is 6.22. The van der Waals surface area contributed by atoms with E-state index in [9.17, 15) is 0 Å². The summed E-state index contributed by atoms with van der Waals surface area (Å²) in [7, 11) is 0. The highest BCUT2D eigenvalue weighted by molar-refractivity contribution is 6.31. The lowest BCUT2D eigenvalue weighted by molar-refractivity contribution is 0.0639. The minimum Gasteiger partial charge on any atom is -0.381 e. The second kappa shape index (κ2) is 7.28. The van der Waals surface area contributed by atoms with Gasteiger partial charge in [0.25, 0.3) is 0 Å². The minimum absolute atomic E-state index is 0.323. The molecule has 0 radical (unpaired) electrons. The summed E-state index contributed by atoms with van der Waals surface area (Å²) in [5.41, 5.74) is 9.79. The molecule has 0 bridgehead atoms. The van der Waals surface area contributed by atoms with Gasteiger partial charge in [0.1, 0.15) is 0 Å². The third-order valence-corrected chi connectivity index (χ3v) is 4.90. The van der Waals surface area contributed by atoms with Crippen molar-refractivity contribution in [3.8, 4) is 11.3 Å². The molecular formula is C18H22ClN3O. The standard InChI is InChI=1S/C18H22ClN3O/c1-12-15(3-2-4-16(12)19)17-11-14(21-18(20)22-17)6-5-13-7-9-23-10-8-13/h2-4,11,13H,5-10H2,1H3,(H2,20,21,22). The quantitative estimate of drug-likeness (QED) is 0.918. The number of nitrogens with zero attached hydrogens (tertiary/aromatic N) is 2. The molecule has 23 heavy (non-hydrogen) atoms. The topological polar surface area (TPSA) is 61.0 Å². The highest BCUT2D eigenvalue weighted by Gasteiger charge is 2.15. The fourth-order valence-electron chi connectivity index (χ4n) is 3.06. The minimum atomic E-state index is 0.323. The molecule has 2 heterocycles. The van der Waals surface area contributed by atoms with Crippen molar-refractivity contribution >= 4 is 17.5 Å². The molecule has 3 rings (SSSR count). The Morgan fingerprint density at radius 2 is 2.04 bits per heavy atom. The summed E-state index contributed by atoms with van der Waals surface area (Å²) in [6, 6.07) is 7.88. The van der Waals surface area contributed by atoms with E-state index in [1.807, 2.05) is 31.2 Å². The van der Waals surface area contributed by atoms with Crippen molar-refractivity contribution in [3.05, 3.63) is 40.5 Å². The van der Waals surface area contributed by atoms with Gasteiger partial charge in [0.05, 0.1) is 5.69 Å². The van der Waals surface area contributed by atoms with Gasteiger partial charge in [-0.2, -0.15) is 0 Å². The second-order valence-corrected chi connectivity index (χ2v) is 6.52. The molecule has 4 nitrogen and oxygen atoms in total. The Morgan fingerprint density at radius 3 is 2.83 bits per heavy atom. The highest BCUT2D eigenvalue weighted by Crippen LogP contribution is 2.28. The van der Waals surface area contributed by atoms with E-state index < -0.39 is 0 Å². The molecule has 1 aliphatic heterocycles.